The van der Waals surface area contributed by atoms with Crippen LogP contribution >= 0.6 is 0 Å². The summed E-state index contributed by atoms with van der Waals surface area (Å²) in [5, 5.41) is 9.59. The second-order valence-electron chi connectivity index (χ2n) is 17.9. The molecule has 0 spiro atoms. The topological polar surface area (TPSA) is 72.8 Å². The molecule has 0 saturated carbocycles. The van der Waals surface area contributed by atoms with E-state index in [4.69, 9.17) is 9.47 Å². The van der Waals surface area contributed by atoms with Crippen LogP contribution in [0.2, 0.25) is 0 Å². The molecule has 0 rings (SSSR count). The molecular weight excluding hydrogens is 801 g/mol. The third-order valence-electron chi connectivity index (χ3n) is 11.6. The fourth-order valence-corrected chi connectivity index (χ4v) is 7.57. The highest BCUT2D eigenvalue weighted by Gasteiger charge is 2.16. The lowest BCUT2D eigenvalue weighted by molar-refractivity contribution is -0.161. The lowest BCUT2D eigenvalue weighted by atomic mass is 10.0. The number of allylic oxidation sites excluding steroid dienone is 16. The van der Waals surface area contributed by atoms with Gasteiger partial charge in [-0.1, -0.05) is 259 Å². The zero-order valence-corrected chi connectivity index (χ0v) is 42.5. The number of aliphatic hydroxyl groups excluding tert-OH is 1. The number of hydrogen-bond donors (Lipinski definition) is 1. The van der Waals surface area contributed by atoms with Crippen molar-refractivity contribution < 1.29 is 24.2 Å². The lowest BCUT2D eigenvalue weighted by Gasteiger charge is -2.15. The molecule has 0 amide bonds. The van der Waals surface area contributed by atoms with Gasteiger partial charge in [0.15, 0.2) is 6.10 Å². The highest BCUT2D eigenvalue weighted by Crippen LogP contribution is 2.16. The monoisotopic (exact) mass is 903 g/mol. The molecule has 372 valence electrons. The quantitative estimate of drug-likeness (QED) is 0.0374. The summed E-state index contributed by atoms with van der Waals surface area (Å²) in [6, 6.07) is 0. The number of rotatable bonds is 49. The summed E-state index contributed by atoms with van der Waals surface area (Å²) in [7, 11) is 0. The molecule has 1 atom stereocenters. The molecule has 0 aliphatic rings. The molecule has 0 aromatic rings. The Balaban J connectivity index is 3.48. The number of aliphatic hydroxyl groups is 1. The number of hydrogen-bond acceptors (Lipinski definition) is 5. The van der Waals surface area contributed by atoms with Gasteiger partial charge in [-0.2, -0.15) is 0 Å². The van der Waals surface area contributed by atoms with Crippen LogP contribution in [0.4, 0.5) is 0 Å². The Kier molecular flexibility index (Phi) is 52.5. The van der Waals surface area contributed by atoms with E-state index in [9.17, 15) is 14.7 Å². The van der Waals surface area contributed by atoms with Crippen molar-refractivity contribution in [2.45, 2.75) is 258 Å². The minimum absolute atomic E-state index is 0.0648. The van der Waals surface area contributed by atoms with Crippen LogP contribution in [-0.2, 0) is 19.1 Å². The number of ether oxygens (including phenoxy) is 2. The summed E-state index contributed by atoms with van der Waals surface area (Å²) in [5.41, 5.74) is 0. The Morgan fingerprint density at radius 1 is 0.369 bits per heavy atom. The van der Waals surface area contributed by atoms with E-state index >= 15 is 0 Å². The molecular formula is C60H102O5. The fraction of sp³-hybridized carbons (Fsp3) is 0.700. The second-order valence-corrected chi connectivity index (χ2v) is 17.9. The maximum absolute atomic E-state index is 12.2. The average Bonchev–Trinajstić information content (AvgIpc) is 3.31. The second kappa shape index (κ2) is 55.1. The van der Waals surface area contributed by atoms with Gasteiger partial charge in [0.2, 0.25) is 0 Å². The van der Waals surface area contributed by atoms with Crippen molar-refractivity contribution in [3.05, 3.63) is 97.2 Å². The van der Waals surface area contributed by atoms with Crippen LogP contribution in [0.3, 0.4) is 0 Å². The summed E-state index contributed by atoms with van der Waals surface area (Å²) < 4.78 is 10.6. The zero-order valence-electron chi connectivity index (χ0n) is 42.5. The highest BCUT2D eigenvalue weighted by molar-refractivity contribution is 5.70. The summed E-state index contributed by atoms with van der Waals surface area (Å²) in [6.45, 7) is 4.01. The maximum Gasteiger partial charge on any atom is 0.306 e. The van der Waals surface area contributed by atoms with Crippen LogP contribution in [0.1, 0.15) is 251 Å². The van der Waals surface area contributed by atoms with Gasteiger partial charge in [0.1, 0.15) is 6.61 Å². The number of carbonyl (C=O) groups is 2. The van der Waals surface area contributed by atoms with Gasteiger partial charge in [0.25, 0.3) is 0 Å². The highest BCUT2D eigenvalue weighted by atomic mass is 16.6. The van der Waals surface area contributed by atoms with Gasteiger partial charge in [-0.15, -0.1) is 0 Å². The van der Waals surface area contributed by atoms with Gasteiger partial charge in [-0.3, -0.25) is 9.59 Å². The molecule has 0 saturated heterocycles. The first-order valence-electron chi connectivity index (χ1n) is 27.3. The lowest BCUT2D eigenvalue weighted by Crippen LogP contribution is -2.28. The Bertz CT molecular complexity index is 1250. The first-order chi connectivity index (χ1) is 32.1. The van der Waals surface area contributed by atoms with Gasteiger partial charge < -0.3 is 14.6 Å². The molecule has 0 bridgehead atoms. The van der Waals surface area contributed by atoms with E-state index in [1.807, 2.05) is 0 Å². The van der Waals surface area contributed by atoms with Crippen LogP contribution in [0.5, 0.6) is 0 Å². The van der Waals surface area contributed by atoms with E-state index in [-0.39, 0.29) is 25.2 Å². The smallest absolute Gasteiger partial charge is 0.306 e. The fourth-order valence-electron chi connectivity index (χ4n) is 7.57. The van der Waals surface area contributed by atoms with E-state index in [1.54, 1.807) is 0 Å². The first kappa shape index (κ1) is 61.8. The molecule has 0 aromatic carbocycles. The molecule has 5 heteroatoms. The number of esters is 2. The predicted octanol–water partition coefficient (Wildman–Crippen LogP) is 18.4. The van der Waals surface area contributed by atoms with E-state index < -0.39 is 6.10 Å². The molecule has 5 nitrogen and oxygen atoms in total. The third-order valence-corrected chi connectivity index (χ3v) is 11.6. The van der Waals surface area contributed by atoms with Crippen LogP contribution in [0.15, 0.2) is 97.2 Å². The van der Waals surface area contributed by atoms with Crippen molar-refractivity contribution in [2.24, 2.45) is 0 Å². The SMILES string of the molecule is CC/C=C\C/C=C\C/C=C\C/C=C\C/C=C\C/C=C\C/C=C\C/C=C\CCCCCCCCCCCCCCCCCCC(=O)OC(CO)COC(=O)CCCCCCCCCCCC. The molecule has 1 N–H and O–H groups in total. The van der Waals surface area contributed by atoms with E-state index in [2.05, 4.69) is 111 Å². The minimum Gasteiger partial charge on any atom is -0.462 e. The Morgan fingerprint density at radius 2 is 0.662 bits per heavy atom. The van der Waals surface area contributed by atoms with E-state index in [1.165, 1.54) is 135 Å². The molecule has 0 heterocycles. The van der Waals surface area contributed by atoms with Gasteiger partial charge in [0, 0.05) is 12.8 Å². The van der Waals surface area contributed by atoms with Crippen molar-refractivity contribution >= 4 is 11.9 Å². The Morgan fingerprint density at radius 3 is 1.00 bits per heavy atom. The summed E-state index contributed by atoms with van der Waals surface area (Å²) >= 11 is 0. The first-order valence-corrected chi connectivity index (χ1v) is 27.3. The van der Waals surface area contributed by atoms with Gasteiger partial charge in [0.05, 0.1) is 6.61 Å². The normalized spacial score (nSPS) is 13.0. The van der Waals surface area contributed by atoms with E-state index in [0.717, 1.165) is 89.9 Å². The third kappa shape index (κ3) is 53.3. The van der Waals surface area contributed by atoms with Crippen LogP contribution in [-0.4, -0.2) is 36.4 Å². The molecule has 0 aliphatic carbocycles. The number of unbranched alkanes of at least 4 members (excludes halogenated alkanes) is 25. The number of carbonyl (C=O) groups excluding carboxylic acids is 2. The summed E-state index contributed by atoms with van der Waals surface area (Å²) in [4.78, 5) is 24.3. The average molecular weight is 903 g/mol. The molecule has 1 unspecified atom stereocenters. The minimum atomic E-state index is -0.771. The van der Waals surface area contributed by atoms with Gasteiger partial charge in [-0.25, -0.2) is 0 Å². The van der Waals surface area contributed by atoms with E-state index in [0.29, 0.717) is 12.8 Å². The van der Waals surface area contributed by atoms with Crippen molar-refractivity contribution in [2.75, 3.05) is 13.2 Å². The molecule has 0 aliphatic heterocycles. The largest absolute Gasteiger partial charge is 0.462 e. The maximum atomic E-state index is 12.2. The van der Waals surface area contributed by atoms with Crippen LogP contribution < -0.4 is 0 Å². The Labute approximate surface area is 402 Å². The molecule has 0 aromatic heterocycles. The molecule has 0 radical (unpaired) electrons. The zero-order chi connectivity index (χ0) is 47.0. The van der Waals surface area contributed by atoms with Crippen molar-refractivity contribution in [1.29, 1.82) is 0 Å². The standard InChI is InChI=1S/C60H102O5/c1-3-5-7-9-11-13-15-16-17-18-19-20-21-22-23-24-25-26-27-28-29-30-31-32-33-34-35-36-37-38-39-40-41-42-43-44-45-47-49-51-53-55-60(63)65-58(56-61)57-64-59(62)54-52-50-48-46-14-12-10-8-6-4-2/h5,7,11,13,16-17,19-20,22-23,25-26,28-29,31-32,58,61H,3-4,6,8-10,12,14-15,18,21,24,27,30,33-57H2,1-2H3/b7-5-,13-11-,17-16-,20-19-,23-22-,26-25-,29-28-,32-31-. The van der Waals surface area contributed by atoms with Gasteiger partial charge in [-0.05, 0) is 77.0 Å². The Hall–Kier alpha value is -3.18. The summed E-state index contributed by atoms with van der Waals surface area (Å²) in [6.07, 6.45) is 78.2. The van der Waals surface area contributed by atoms with Crippen LogP contribution in [0.25, 0.3) is 0 Å². The van der Waals surface area contributed by atoms with Crippen molar-refractivity contribution in [3.63, 3.8) is 0 Å². The van der Waals surface area contributed by atoms with Crippen LogP contribution in [0, 0.1) is 0 Å². The summed E-state index contributed by atoms with van der Waals surface area (Å²) in [5.74, 6) is -0.588. The molecule has 65 heavy (non-hydrogen) atoms. The van der Waals surface area contributed by atoms with Crippen molar-refractivity contribution in [1.82, 2.24) is 0 Å². The van der Waals surface area contributed by atoms with Gasteiger partial charge >= 0.3 is 11.9 Å². The molecule has 0 fully saturated rings. The van der Waals surface area contributed by atoms with Crippen molar-refractivity contribution in [3.8, 4) is 0 Å². The predicted molar refractivity (Wildman–Crippen MR) is 283 cm³/mol.